The summed E-state index contributed by atoms with van der Waals surface area (Å²) < 4.78 is 121. The molecule has 182 valence electrons. The Labute approximate surface area is 244 Å². The topological polar surface area (TPSA) is 13.1 Å². The van der Waals surface area contributed by atoms with E-state index in [4.69, 9.17) is 16.8 Å². The van der Waals surface area contributed by atoms with Crippen LogP contribution in [0.2, 0.25) is 0 Å². The number of hydrogen-bond donors (Lipinski definition) is 0. The van der Waals surface area contributed by atoms with Gasteiger partial charge in [0, 0.05) is 16.3 Å². The summed E-state index contributed by atoms with van der Waals surface area (Å²) in [4.78, 5) is 0. The number of rotatable bonds is 3. The van der Waals surface area contributed by atoms with Crippen LogP contribution in [0.25, 0.3) is 76.9 Å². The van der Waals surface area contributed by atoms with Crippen molar-refractivity contribution in [2.24, 2.45) is 0 Å². The van der Waals surface area contributed by atoms with Gasteiger partial charge in [0.1, 0.15) is 11.2 Å². The summed E-state index contributed by atoms with van der Waals surface area (Å²) in [6.07, 6.45) is 0. The predicted octanol–water partition coefficient (Wildman–Crippen LogP) is 10.9. The predicted molar refractivity (Wildman–Crippen MR) is 165 cm³/mol. The van der Waals surface area contributed by atoms with Gasteiger partial charge in [-0.15, -0.1) is 0 Å². The van der Waals surface area contributed by atoms with Crippen LogP contribution in [-0.4, -0.2) is 0 Å². The maximum atomic E-state index is 9.30. The molecule has 39 heavy (non-hydrogen) atoms. The lowest BCUT2D eigenvalue weighted by atomic mass is 9.84. The molecule has 7 aromatic carbocycles. The molecule has 0 aliphatic heterocycles. The molecule has 0 saturated heterocycles. The number of para-hydroxylation sites is 1. The molecule has 0 amide bonds. The molecule has 8 rings (SSSR count). The summed E-state index contributed by atoms with van der Waals surface area (Å²) in [5, 5.41) is 0.349. The molecule has 1 aromatic heterocycles. The first-order chi connectivity index (χ1) is 24.8. The van der Waals surface area contributed by atoms with Crippen molar-refractivity contribution < 1.29 is 22.2 Å². The van der Waals surface area contributed by atoms with Gasteiger partial charge in [-0.1, -0.05) is 133 Å². The van der Waals surface area contributed by atoms with Crippen molar-refractivity contribution in [1.82, 2.24) is 0 Å². The number of fused-ring (bicyclic) bond motifs is 5. The molecular weight excluding hydrogens is 472 g/mol. The van der Waals surface area contributed by atoms with Crippen LogP contribution in [0.4, 0.5) is 0 Å². The zero-order chi connectivity index (χ0) is 37.1. The fourth-order valence-electron chi connectivity index (χ4n) is 5.40. The van der Waals surface area contributed by atoms with E-state index >= 15 is 0 Å². The maximum Gasteiger partial charge on any atom is 0.143 e. The Morgan fingerprint density at radius 2 is 1.00 bits per heavy atom. The van der Waals surface area contributed by atoms with Crippen LogP contribution >= 0.6 is 0 Å². The van der Waals surface area contributed by atoms with E-state index in [9.17, 15) is 5.48 Å². The second-order valence-corrected chi connectivity index (χ2v) is 9.08. The highest BCUT2D eigenvalue weighted by Crippen LogP contribution is 2.48. The molecule has 0 N–H and O–H groups in total. The molecule has 0 aliphatic rings. The SMILES string of the molecule is [2H]c1c([2H])c([2H])c(-c2c3c([2H])c([2H])c([2H])c([2H])c3c(-c3ccc(-c4ccccc4)c4oc5ccccc5c34)c3c([2H])c([2H])c([2H])c([2H])c23)c([2H])c1[2H]. The van der Waals surface area contributed by atoms with Crippen molar-refractivity contribution in [3.8, 4) is 33.4 Å². The number of furan rings is 1. The van der Waals surface area contributed by atoms with Crippen molar-refractivity contribution in [3.05, 3.63) is 145 Å². The molecule has 0 fully saturated rings. The quantitative estimate of drug-likeness (QED) is 0.216. The maximum absolute atomic E-state index is 9.30. The lowest BCUT2D eigenvalue weighted by Gasteiger charge is -2.18. The Hall–Kier alpha value is -5.14. The molecule has 8 aromatic rings. The summed E-state index contributed by atoms with van der Waals surface area (Å²) in [5.41, 5.74) is 2.10. The van der Waals surface area contributed by atoms with Crippen LogP contribution in [0.15, 0.2) is 150 Å². The van der Waals surface area contributed by atoms with E-state index in [1.54, 1.807) is 24.3 Å². The highest BCUT2D eigenvalue weighted by Gasteiger charge is 2.21. The second-order valence-electron chi connectivity index (χ2n) is 9.08. The molecule has 1 heterocycles. The normalized spacial score (nSPS) is 16.3. The Morgan fingerprint density at radius 3 is 1.69 bits per heavy atom. The lowest BCUT2D eigenvalue weighted by molar-refractivity contribution is 0.670. The Balaban J connectivity index is 1.73. The van der Waals surface area contributed by atoms with Gasteiger partial charge in [-0.2, -0.15) is 0 Å². The smallest absolute Gasteiger partial charge is 0.143 e. The minimum atomic E-state index is -0.717. The highest BCUT2D eigenvalue weighted by atomic mass is 16.3. The van der Waals surface area contributed by atoms with E-state index in [0.717, 1.165) is 5.56 Å². The van der Waals surface area contributed by atoms with Crippen LogP contribution in [0.1, 0.15) is 17.8 Å². The number of benzene rings is 7. The minimum Gasteiger partial charge on any atom is -0.455 e. The first-order valence-electron chi connectivity index (χ1n) is 18.8. The average molecular weight is 510 g/mol. The third-order valence-corrected chi connectivity index (χ3v) is 7.01. The van der Waals surface area contributed by atoms with Gasteiger partial charge >= 0.3 is 0 Å². The molecule has 0 bridgehead atoms. The van der Waals surface area contributed by atoms with E-state index in [-0.39, 0.29) is 32.7 Å². The minimum absolute atomic E-state index is 0.0521. The van der Waals surface area contributed by atoms with Crippen molar-refractivity contribution in [1.29, 1.82) is 0 Å². The largest absolute Gasteiger partial charge is 0.455 e. The van der Waals surface area contributed by atoms with Gasteiger partial charge in [0.15, 0.2) is 0 Å². The molecule has 0 unspecified atom stereocenters. The molecule has 0 aliphatic carbocycles. The average Bonchev–Trinajstić information content (AvgIpc) is 3.55. The van der Waals surface area contributed by atoms with Gasteiger partial charge in [-0.3, -0.25) is 0 Å². The van der Waals surface area contributed by atoms with Crippen LogP contribution < -0.4 is 0 Å². The summed E-state index contributed by atoms with van der Waals surface area (Å²) >= 11 is 0. The van der Waals surface area contributed by atoms with Crippen LogP contribution in [-0.2, 0) is 0 Å². The van der Waals surface area contributed by atoms with Crippen LogP contribution in [0.3, 0.4) is 0 Å². The van der Waals surface area contributed by atoms with E-state index in [0.29, 0.717) is 33.1 Å². The van der Waals surface area contributed by atoms with Crippen LogP contribution in [0.5, 0.6) is 0 Å². The third-order valence-electron chi connectivity index (χ3n) is 7.01. The molecule has 0 radical (unpaired) electrons. The zero-order valence-corrected chi connectivity index (χ0v) is 20.3. The Morgan fingerprint density at radius 1 is 0.436 bits per heavy atom. The molecule has 0 atom stereocenters. The standard InChI is InChI=1S/C38H24O/c1-3-13-25(14-4-1)27-23-24-33(37-32-21-11-12-22-34(32)39-38(27)37)36-30-19-9-7-17-28(30)35(26-15-5-2-6-16-26)29-18-8-10-20-31(29)36/h1-24H/i2D,5D,6D,7D,8D,9D,10D,15D,16D,17D,18D,19D,20D. The highest BCUT2D eigenvalue weighted by molar-refractivity contribution is 6.26. The summed E-state index contributed by atoms with van der Waals surface area (Å²) in [5.74, 6) is 0. The molecule has 0 spiro atoms. The number of hydrogen-bond acceptors (Lipinski definition) is 1. The van der Waals surface area contributed by atoms with Crippen molar-refractivity contribution in [2.75, 3.05) is 0 Å². The monoisotopic (exact) mass is 509 g/mol. The third kappa shape index (κ3) is 3.34. The van der Waals surface area contributed by atoms with Crippen LogP contribution in [0, 0.1) is 0 Å². The Kier molecular flexibility index (Phi) is 2.82. The van der Waals surface area contributed by atoms with E-state index in [1.807, 2.05) is 42.5 Å². The van der Waals surface area contributed by atoms with E-state index < -0.39 is 84.1 Å². The van der Waals surface area contributed by atoms with Gasteiger partial charge in [0.05, 0.1) is 17.8 Å². The van der Waals surface area contributed by atoms with Crippen molar-refractivity contribution in [3.63, 3.8) is 0 Å². The second kappa shape index (κ2) is 8.72. The fraction of sp³-hybridized carbons (Fsp3) is 0. The molecule has 0 saturated carbocycles. The zero-order valence-electron chi connectivity index (χ0n) is 33.3. The Bertz CT molecular complexity index is 2770. The first kappa shape index (κ1) is 12.6. The summed E-state index contributed by atoms with van der Waals surface area (Å²) in [6.45, 7) is 0. The summed E-state index contributed by atoms with van der Waals surface area (Å²) in [6, 6.07) is 11.8. The van der Waals surface area contributed by atoms with Crippen molar-refractivity contribution >= 4 is 43.5 Å². The molecule has 1 nitrogen and oxygen atoms in total. The molecular formula is C38H24O. The van der Waals surface area contributed by atoms with Crippen molar-refractivity contribution in [2.45, 2.75) is 0 Å². The van der Waals surface area contributed by atoms with Gasteiger partial charge < -0.3 is 4.42 Å². The van der Waals surface area contributed by atoms with Gasteiger partial charge in [0.25, 0.3) is 0 Å². The van der Waals surface area contributed by atoms with Gasteiger partial charge in [-0.05, 0) is 61.5 Å². The van der Waals surface area contributed by atoms with E-state index in [2.05, 4.69) is 0 Å². The summed E-state index contributed by atoms with van der Waals surface area (Å²) in [7, 11) is 0. The van der Waals surface area contributed by atoms with E-state index in [1.165, 1.54) is 0 Å². The first-order valence-corrected chi connectivity index (χ1v) is 12.3. The van der Waals surface area contributed by atoms with Gasteiger partial charge in [-0.25, -0.2) is 0 Å². The molecule has 1 heteroatoms. The fourth-order valence-corrected chi connectivity index (χ4v) is 5.40. The lowest BCUT2D eigenvalue weighted by Crippen LogP contribution is -1.91. The van der Waals surface area contributed by atoms with Gasteiger partial charge in [0.2, 0.25) is 0 Å².